The van der Waals surface area contributed by atoms with Crippen molar-refractivity contribution < 1.29 is 0 Å². The van der Waals surface area contributed by atoms with Crippen LogP contribution in [0.15, 0.2) is 22.8 Å². The first-order valence-electron chi connectivity index (χ1n) is 3.68. The molecule has 1 unspecified atom stereocenters. The van der Waals surface area contributed by atoms with E-state index >= 15 is 0 Å². The van der Waals surface area contributed by atoms with Gasteiger partial charge in [-0.2, -0.15) is 0 Å². The summed E-state index contributed by atoms with van der Waals surface area (Å²) < 4.78 is 0. The molecule has 9 heavy (non-hydrogen) atoms. The Kier molecular flexibility index (Phi) is 0.879. The van der Waals surface area contributed by atoms with Crippen molar-refractivity contribution in [2.75, 3.05) is 0 Å². The summed E-state index contributed by atoms with van der Waals surface area (Å²) >= 11 is 0. The van der Waals surface area contributed by atoms with E-state index in [4.69, 9.17) is 0 Å². The van der Waals surface area contributed by atoms with Gasteiger partial charge in [0.05, 0.1) is 0 Å². The molecule has 0 aromatic heterocycles. The molecule has 0 bridgehead atoms. The standard InChI is InChI=1S/C9H12/c1-6-3-8-5-7(2)9(8)4-6/h5-6H,3-4H2,1-2H3. The van der Waals surface area contributed by atoms with E-state index in [1.807, 2.05) is 0 Å². The summed E-state index contributed by atoms with van der Waals surface area (Å²) in [5.41, 5.74) is 4.84. The second-order valence-electron chi connectivity index (χ2n) is 3.34. The van der Waals surface area contributed by atoms with Crippen molar-refractivity contribution >= 4 is 0 Å². The molecule has 0 radical (unpaired) electrons. The summed E-state index contributed by atoms with van der Waals surface area (Å²) in [7, 11) is 0. The van der Waals surface area contributed by atoms with Gasteiger partial charge in [0.2, 0.25) is 0 Å². The van der Waals surface area contributed by atoms with Crippen LogP contribution in [0.5, 0.6) is 0 Å². The quantitative estimate of drug-likeness (QED) is 0.461. The van der Waals surface area contributed by atoms with Gasteiger partial charge in [0.15, 0.2) is 0 Å². The molecule has 1 atom stereocenters. The fraction of sp³-hybridized carbons (Fsp3) is 0.556. The average molecular weight is 120 g/mol. The third-order valence-corrected chi connectivity index (χ3v) is 2.38. The van der Waals surface area contributed by atoms with E-state index < -0.39 is 0 Å². The summed E-state index contributed by atoms with van der Waals surface area (Å²) in [4.78, 5) is 0. The van der Waals surface area contributed by atoms with Crippen molar-refractivity contribution in [2.45, 2.75) is 26.7 Å². The minimum Gasteiger partial charge on any atom is -0.0619 e. The van der Waals surface area contributed by atoms with E-state index in [0.717, 1.165) is 5.92 Å². The molecule has 48 valence electrons. The third kappa shape index (κ3) is 0.592. The Morgan fingerprint density at radius 3 is 2.67 bits per heavy atom. The van der Waals surface area contributed by atoms with Gasteiger partial charge in [0.1, 0.15) is 0 Å². The zero-order valence-corrected chi connectivity index (χ0v) is 6.07. The molecule has 0 saturated carbocycles. The normalized spacial score (nSPS) is 31.8. The van der Waals surface area contributed by atoms with E-state index in [2.05, 4.69) is 19.9 Å². The van der Waals surface area contributed by atoms with E-state index in [0.29, 0.717) is 0 Å². The Bertz CT molecular complexity index is 206. The minimum absolute atomic E-state index is 0.920. The van der Waals surface area contributed by atoms with Crippen molar-refractivity contribution in [3.05, 3.63) is 22.8 Å². The topological polar surface area (TPSA) is 0 Å². The van der Waals surface area contributed by atoms with E-state index in [1.165, 1.54) is 18.4 Å². The molecule has 2 rings (SSSR count). The van der Waals surface area contributed by atoms with Crippen LogP contribution in [0.2, 0.25) is 0 Å². The van der Waals surface area contributed by atoms with Crippen molar-refractivity contribution in [3.63, 3.8) is 0 Å². The molecule has 0 N–H and O–H groups in total. The van der Waals surface area contributed by atoms with Crippen molar-refractivity contribution in [3.8, 4) is 0 Å². The molecule has 0 nitrogen and oxygen atoms in total. The van der Waals surface area contributed by atoms with Gasteiger partial charge in [-0.25, -0.2) is 0 Å². The van der Waals surface area contributed by atoms with Crippen LogP contribution in [-0.2, 0) is 0 Å². The molecule has 0 aromatic rings. The maximum atomic E-state index is 2.33. The molecule has 0 saturated heterocycles. The summed E-state index contributed by atoms with van der Waals surface area (Å²) in [6.45, 7) is 4.55. The van der Waals surface area contributed by atoms with Gasteiger partial charge >= 0.3 is 0 Å². The molecule has 0 spiro atoms. The van der Waals surface area contributed by atoms with E-state index in [-0.39, 0.29) is 0 Å². The van der Waals surface area contributed by atoms with E-state index in [9.17, 15) is 0 Å². The number of hydrogen-bond acceptors (Lipinski definition) is 0. The van der Waals surface area contributed by atoms with Gasteiger partial charge in [-0.15, -0.1) is 0 Å². The first kappa shape index (κ1) is 5.28. The second kappa shape index (κ2) is 1.50. The highest BCUT2D eigenvalue weighted by molar-refractivity contribution is 5.54. The van der Waals surface area contributed by atoms with Gasteiger partial charge in [-0.1, -0.05) is 13.0 Å². The molecule has 2 aliphatic rings. The van der Waals surface area contributed by atoms with Crippen LogP contribution in [0, 0.1) is 5.92 Å². The van der Waals surface area contributed by atoms with Gasteiger partial charge in [0, 0.05) is 0 Å². The Balaban J connectivity index is 2.18. The molecular weight excluding hydrogens is 108 g/mol. The molecule has 0 amide bonds. The Morgan fingerprint density at radius 1 is 1.44 bits per heavy atom. The van der Waals surface area contributed by atoms with Crippen molar-refractivity contribution in [1.82, 2.24) is 0 Å². The van der Waals surface area contributed by atoms with Crippen LogP contribution in [0.3, 0.4) is 0 Å². The lowest BCUT2D eigenvalue weighted by Gasteiger charge is -2.13. The van der Waals surface area contributed by atoms with Crippen LogP contribution in [0.1, 0.15) is 26.7 Å². The lowest BCUT2D eigenvalue weighted by Crippen LogP contribution is -1.93. The fourth-order valence-corrected chi connectivity index (χ4v) is 1.88. The smallest absolute Gasteiger partial charge is 0.0244 e. The molecular formula is C9H12. The maximum Gasteiger partial charge on any atom is -0.0244 e. The summed E-state index contributed by atoms with van der Waals surface area (Å²) in [6.07, 6.45) is 5.02. The van der Waals surface area contributed by atoms with Gasteiger partial charge < -0.3 is 0 Å². The predicted octanol–water partition coefficient (Wildman–Crippen LogP) is 2.67. The van der Waals surface area contributed by atoms with Gasteiger partial charge in [-0.3, -0.25) is 0 Å². The van der Waals surface area contributed by atoms with Crippen molar-refractivity contribution in [2.24, 2.45) is 5.92 Å². The Morgan fingerprint density at radius 2 is 2.22 bits per heavy atom. The summed E-state index contributed by atoms with van der Waals surface area (Å²) in [5.74, 6) is 0.920. The molecule has 0 aliphatic heterocycles. The van der Waals surface area contributed by atoms with Crippen LogP contribution in [-0.4, -0.2) is 0 Å². The zero-order valence-electron chi connectivity index (χ0n) is 6.07. The Hall–Kier alpha value is -0.520. The van der Waals surface area contributed by atoms with Crippen molar-refractivity contribution in [1.29, 1.82) is 0 Å². The summed E-state index contributed by atoms with van der Waals surface area (Å²) in [5, 5.41) is 0. The maximum absolute atomic E-state index is 2.33. The number of allylic oxidation sites excluding steroid dienone is 4. The molecule has 0 aromatic carbocycles. The fourth-order valence-electron chi connectivity index (χ4n) is 1.88. The molecule has 2 aliphatic carbocycles. The highest BCUT2D eigenvalue weighted by Crippen LogP contribution is 2.42. The average Bonchev–Trinajstić information content (AvgIpc) is 2.08. The van der Waals surface area contributed by atoms with Crippen LogP contribution in [0.25, 0.3) is 0 Å². The largest absolute Gasteiger partial charge is 0.0619 e. The molecule has 0 heteroatoms. The SMILES string of the molecule is CC1=CC2=C1CC(C)C2. The van der Waals surface area contributed by atoms with Crippen LogP contribution >= 0.6 is 0 Å². The van der Waals surface area contributed by atoms with Crippen LogP contribution < -0.4 is 0 Å². The predicted molar refractivity (Wildman–Crippen MR) is 39.2 cm³/mol. The lowest BCUT2D eigenvalue weighted by atomic mass is 9.93. The highest BCUT2D eigenvalue weighted by Gasteiger charge is 2.25. The van der Waals surface area contributed by atoms with Gasteiger partial charge in [0.25, 0.3) is 0 Å². The zero-order chi connectivity index (χ0) is 6.43. The van der Waals surface area contributed by atoms with E-state index in [1.54, 1.807) is 11.1 Å². The minimum atomic E-state index is 0.920. The van der Waals surface area contributed by atoms with Crippen LogP contribution in [0.4, 0.5) is 0 Å². The first-order chi connectivity index (χ1) is 4.27. The highest BCUT2D eigenvalue weighted by atomic mass is 14.3. The number of rotatable bonds is 0. The monoisotopic (exact) mass is 120 g/mol. The number of hydrogen-bond donors (Lipinski definition) is 0. The Labute approximate surface area is 56.3 Å². The summed E-state index contributed by atoms with van der Waals surface area (Å²) in [6, 6.07) is 0. The van der Waals surface area contributed by atoms with Gasteiger partial charge in [-0.05, 0) is 42.4 Å². The molecule has 0 fully saturated rings. The third-order valence-electron chi connectivity index (χ3n) is 2.38. The first-order valence-corrected chi connectivity index (χ1v) is 3.68. The lowest BCUT2D eigenvalue weighted by molar-refractivity contribution is 0.628. The molecule has 0 heterocycles. The second-order valence-corrected chi connectivity index (χ2v) is 3.34.